The lowest BCUT2D eigenvalue weighted by atomic mass is 10.2. The molecular formula is C20H18ClN3O2. The summed E-state index contributed by atoms with van der Waals surface area (Å²) >= 11 is 6.00. The fourth-order valence-electron chi connectivity index (χ4n) is 3.02. The molecule has 0 spiro atoms. The zero-order valence-corrected chi connectivity index (χ0v) is 14.9. The van der Waals surface area contributed by atoms with Crippen molar-refractivity contribution in [3.8, 4) is 5.88 Å². The number of hydrogen-bond donors (Lipinski definition) is 0. The summed E-state index contributed by atoms with van der Waals surface area (Å²) in [5.74, 6) is 0.563. The number of hydrogen-bond acceptors (Lipinski definition) is 3. The van der Waals surface area contributed by atoms with Crippen molar-refractivity contribution in [1.82, 2.24) is 14.7 Å². The first-order valence-corrected chi connectivity index (χ1v) is 8.85. The Bertz CT molecular complexity index is 924. The van der Waals surface area contributed by atoms with E-state index in [0.717, 1.165) is 11.3 Å². The Morgan fingerprint density at radius 2 is 1.92 bits per heavy atom. The van der Waals surface area contributed by atoms with Crippen LogP contribution >= 0.6 is 11.6 Å². The molecule has 2 heterocycles. The number of aromatic nitrogens is 2. The van der Waals surface area contributed by atoms with Gasteiger partial charge in [-0.1, -0.05) is 48.0 Å². The second kappa shape index (κ2) is 7.22. The van der Waals surface area contributed by atoms with Crippen LogP contribution < -0.4 is 4.74 Å². The van der Waals surface area contributed by atoms with Crippen LogP contribution in [-0.2, 0) is 19.7 Å². The third-order valence-corrected chi connectivity index (χ3v) is 4.60. The number of carbonyl (C=O) groups excluding carboxylic acids is 1. The van der Waals surface area contributed by atoms with Gasteiger partial charge in [0.05, 0.1) is 18.8 Å². The standard InChI is InChI=1S/C20H18ClN3O2/c21-17-8-4-7-16(11-17)20(25)23-9-10-24-18(13-23)12-19(22-24)26-14-15-5-2-1-3-6-15/h1-8,11-12H,9-10,13-14H2. The van der Waals surface area contributed by atoms with Crippen LogP contribution in [0.4, 0.5) is 0 Å². The molecule has 5 nitrogen and oxygen atoms in total. The summed E-state index contributed by atoms with van der Waals surface area (Å²) in [5, 5.41) is 5.05. The number of rotatable bonds is 4. The highest BCUT2D eigenvalue weighted by Crippen LogP contribution is 2.21. The second-order valence-electron chi connectivity index (χ2n) is 6.21. The Morgan fingerprint density at radius 3 is 2.73 bits per heavy atom. The lowest BCUT2D eigenvalue weighted by Crippen LogP contribution is -2.38. The normalized spacial score (nSPS) is 13.3. The molecule has 2 aromatic carbocycles. The van der Waals surface area contributed by atoms with Crippen molar-refractivity contribution in [3.63, 3.8) is 0 Å². The maximum atomic E-state index is 12.7. The van der Waals surface area contributed by atoms with E-state index in [1.54, 1.807) is 24.3 Å². The minimum Gasteiger partial charge on any atom is -0.472 e. The Balaban J connectivity index is 1.44. The van der Waals surface area contributed by atoms with Gasteiger partial charge in [0, 0.05) is 23.2 Å². The maximum Gasteiger partial charge on any atom is 0.254 e. The topological polar surface area (TPSA) is 47.4 Å². The lowest BCUT2D eigenvalue weighted by Gasteiger charge is -2.27. The molecule has 4 rings (SSSR count). The van der Waals surface area contributed by atoms with Crippen molar-refractivity contribution >= 4 is 17.5 Å². The third-order valence-electron chi connectivity index (χ3n) is 4.36. The van der Waals surface area contributed by atoms with Crippen LogP contribution in [0.2, 0.25) is 5.02 Å². The summed E-state index contributed by atoms with van der Waals surface area (Å²) in [7, 11) is 0. The van der Waals surface area contributed by atoms with E-state index in [1.165, 1.54) is 0 Å². The number of benzene rings is 2. The molecule has 0 aliphatic carbocycles. The molecule has 0 saturated carbocycles. The van der Waals surface area contributed by atoms with Gasteiger partial charge in [0.15, 0.2) is 0 Å². The zero-order valence-electron chi connectivity index (χ0n) is 14.1. The van der Waals surface area contributed by atoms with Crippen molar-refractivity contribution in [1.29, 1.82) is 0 Å². The molecule has 0 bridgehead atoms. The van der Waals surface area contributed by atoms with Gasteiger partial charge in [-0.3, -0.25) is 9.48 Å². The smallest absolute Gasteiger partial charge is 0.254 e. The zero-order chi connectivity index (χ0) is 17.9. The van der Waals surface area contributed by atoms with Gasteiger partial charge in [-0.05, 0) is 23.8 Å². The summed E-state index contributed by atoms with van der Waals surface area (Å²) in [6.07, 6.45) is 0. The molecule has 1 aromatic heterocycles. The number of nitrogens with zero attached hydrogens (tertiary/aromatic N) is 3. The van der Waals surface area contributed by atoms with E-state index >= 15 is 0 Å². The van der Waals surface area contributed by atoms with Crippen molar-refractivity contribution in [3.05, 3.63) is 82.5 Å². The van der Waals surface area contributed by atoms with E-state index in [9.17, 15) is 4.79 Å². The minimum absolute atomic E-state index is 0.0216. The molecule has 1 aliphatic heterocycles. The number of carbonyl (C=O) groups is 1. The van der Waals surface area contributed by atoms with Gasteiger partial charge in [0.2, 0.25) is 5.88 Å². The van der Waals surface area contributed by atoms with Crippen LogP contribution in [0.1, 0.15) is 21.6 Å². The molecule has 132 valence electrons. The van der Waals surface area contributed by atoms with Gasteiger partial charge < -0.3 is 9.64 Å². The average Bonchev–Trinajstić information content (AvgIpc) is 3.08. The van der Waals surface area contributed by atoms with Gasteiger partial charge >= 0.3 is 0 Å². The number of amides is 1. The van der Waals surface area contributed by atoms with E-state index < -0.39 is 0 Å². The Kier molecular flexibility index (Phi) is 4.63. The van der Waals surface area contributed by atoms with Crippen molar-refractivity contribution in [2.45, 2.75) is 19.7 Å². The summed E-state index contributed by atoms with van der Waals surface area (Å²) in [4.78, 5) is 14.5. The van der Waals surface area contributed by atoms with Gasteiger partial charge in [-0.25, -0.2) is 0 Å². The van der Waals surface area contributed by atoms with Crippen molar-refractivity contribution < 1.29 is 9.53 Å². The fraction of sp³-hybridized carbons (Fsp3) is 0.200. The van der Waals surface area contributed by atoms with E-state index in [2.05, 4.69) is 5.10 Å². The molecule has 0 fully saturated rings. The number of ether oxygens (including phenoxy) is 1. The van der Waals surface area contributed by atoms with Gasteiger partial charge in [0.1, 0.15) is 6.61 Å². The van der Waals surface area contributed by atoms with Crippen LogP contribution in [-0.4, -0.2) is 27.1 Å². The second-order valence-corrected chi connectivity index (χ2v) is 6.64. The number of halogens is 1. The quantitative estimate of drug-likeness (QED) is 0.705. The van der Waals surface area contributed by atoms with E-state index in [0.29, 0.717) is 42.7 Å². The summed E-state index contributed by atoms with van der Waals surface area (Å²) in [5.41, 5.74) is 2.66. The summed E-state index contributed by atoms with van der Waals surface area (Å²) in [6, 6.07) is 18.9. The summed E-state index contributed by atoms with van der Waals surface area (Å²) < 4.78 is 7.69. The SMILES string of the molecule is O=C(c1cccc(Cl)c1)N1CCn2nc(OCc3ccccc3)cc2C1. The first-order valence-electron chi connectivity index (χ1n) is 8.47. The van der Waals surface area contributed by atoms with Crippen molar-refractivity contribution in [2.24, 2.45) is 0 Å². The molecule has 0 radical (unpaired) electrons. The van der Waals surface area contributed by atoms with Crippen LogP contribution in [0.25, 0.3) is 0 Å². The Labute approximate surface area is 156 Å². The highest BCUT2D eigenvalue weighted by Gasteiger charge is 2.23. The molecule has 0 unspecified atom stereocenters. The first-order chi connectivity index (χ1) is 12.7. The maximum absolute atomic E-state index is 12.7. The van der Waals surface area contributed by atoms with Crippen LogP contribution in [0.3, 0.4) is 0 Å². The Hall–Kier alpha value is -2.79. The highest BCUT2D eigenvalue weighted by atomic mass is 35.5. The minimum atomic E-state index is -0.0216. The molecule has 6 heteroatoms. The molecule has 0 saturated heterocycles. The molecular weight excluding hydrogens is 350 g/mol. The van der Waals surface area contributed by atoms with E-state index in [1.807, 2.05) is 46.0 Å². The predicted molar refractivity (Wildman–Crippen MR) is 99.2 cm³/mol. The van der Waals surface area contributed by atoms with Gasteiger partial charge in [-0.15, -0.1) is 5.10 Å². The lowest BCUT2D eigenvalue weighted by molar-refractivity contribution is 0.0706. The Morgan fingerprint density at radius 1 is 1.08 bits per heavy atom. The molecule has 3 aromatic rings. The predicted octanol–water partition coefficient (Wildman–Crippen LogP) is 3.77. The largest absolute Gasteiger partial charge is 0.472 e. The third kappa shape index (κ3) is 3.58. The molecule has 0 atom stereocenters. The van der Waals surface area contributed by atoms with Crippen LogP contribution in [0.15, 0.2) is 60.7 Å². The fourth-order valence-corrected chi connectivity index (χ4v) is 3.21. The van der Waals surface area contributed by atoms with Crippen LogP contribution in [0.5, 0.6) is 5.88 Å². The van der Waals surface area contributed by atoms with Gasteiger partial charge in [0.25, 0.3) is 5.91 Å². The van der Waals surface area contributed by atoms with E-state index in [-0.39, 0.29) is 5.91 Å². The van der Waals surface area contributed by atoms with Crippen molar-refractivity contribution in [2.75, 3.05) is 6.54 Å². The number of fused-ring (bicyclic) bond motifs is 1. The first kappa shape index (κ1) is 16.7. The summed E-state index contributed by atoms with van der Waals surface area (Å²) in [6.45, 7) is 2.24. The highest BCUT2D eigenvalue weighted by molar-refractivity contribution is 6.30. The molecule has 0 N–H and O–H groups in total. The van der Waals surface area contributed by atoms with E-state index in [4.69, 9.17) is 16.3 Å². The molecule has 26 heavy (non-hydrogen) atoms. The molecule has 1 amide bonds. The van der Waals surface area contributed by atoms with Gasteiger partial charge in [-0.2, -0.15) is 0 Å². The monoisotopic (exact) mass is 367 g/mol. The van der Waals surface area contributed by atoms with Crippen LogP contribution in [0, 0.1) is 0 Å². The molecule has 1 aliphatic rings. The average molecular weight is 368 g/mol.